The molecule has 0 aromatic rings. The predicted molar refractivity (Wildman–Crippen MR) is 55.8 cm³/mol. The number of rotatable bonds is 2. The van der Waals surface area contributed by atoms with Gasteiger partial charge in [0.15, 0.2) is 0 Å². The van der Waals surface area contributed by atoms with Gasteiger partial charge in [-0.1, -0.05) is 12.2 Å². The highest BCUT2D eigenvalue weighted by molar-refractivity contribution is 5.02. The summed E-state index contributed by atoms with van der Waals surface area (Å²) in [7, 11) is 2.09. The molecule has 1 fully saturated rings. The van der Waals surface area contributed by atoms with Crippen LogP contribution in [0.25, 0.3) is 0 Å². The van der Waals surface area contributed by atoms with Crippen LogP contribution in [0.1, 0.15) is 25.7 Å². The molecule has 2 nitrogen and oxygen atoms in total. The van der Waals surface area contributed by atoms with E-state index in [4.69, 9.17) is 0 Å². The molecule has 0 aromatic heterocycles. The largest absolute Gasteiger partial charge is 0.315 e. The highest BCUT2D eigenvalue weighted by atomic mass is 15.2. The van der Waals surface area contributed by atoms with Gasteiger partial charge in [-0.3, -0.25) is 4.90 Å². The van der Waals surface area contributed by atoms with E-state index >= 15 is 0 Å². The average molecular weight is 180 g/mol. The molecule has 74 valence electrons. The number of hydrogen-bond acceptors (Lipinski definition) is 2. The lowest BCUT2D eigenvalue weighted by atomic mass is 9.95. The standard InChI is InChI=1S/C11H20N2/c1-12-10-6-2-3-7-11(10)13-8-4-5-9-13/h2-3,10-12H,4-9H2,1H3/t10-,11-/m1/s1. The topological polar surface area (TPSA) is 15.3 Å². The highest BCUT2D eigenvalue weighted by Gasteiger charge is 2.28. The Morgan fingerprint density at radius 3 is 2.54 bits per heavy atom. The van der Waals surface area contributed by atoms with Gasteiger partial charge in [-0.2, -0.15) is 0 Å². The van der Waals surface area contributed by atoms with Gasteiger partial charge in [0.2, 0.25) is 0 Å². The Bertz CT molecular complexity index is 183. The molecule has 1 aliphatic heterocycles. The van der Waals surface area contributed by atoms with Crippen molar-refractivity contribution in [3.63, 3.8) is 0 Å². The van der Waals surface area contributed by atoms with Gasteiger partial charge in [0, 0.05) is 12.1 Å². The minimum absolute atomic E-state index is 0.683. The SMILES string of the molecule is CN[C@@H]1CC=CC[C@H]1N1CCCC1. The number of likely N-dealkylation sites (N-methyl/N-ethyl adjacent to an activating group) is 1. The van der Waals surface area contributed by atoms with Crippen LogP contribution in [0.4, 0.5) is 0 Å². The molecule has 0 saturated carbocycles. The minimum atomic E-state index is 0.683. The second-order valence-corrected chi connectivity index (χ2v) is 4.15. The van der Waals surface area contributed by atoms with Crippen LogP contribution < -0.4 is 5.32 Å². The molecule has 0 bridgehead atoms. The van der Waals surface area contributed by atoms with Crippen molar-refractivity contribution in [3.05, 3.63) is 12.2 Å². The van der Waals surface area contributed by atoms with E-state index in [0.29, 0.717) is 6.04 Å². The van der Waals surface area contributed by atoms with Crippen molar-refractivity contribution in [1.82, 2.24) is 10.2 Å². The number of nitrogens with zero attached hydrogens (tertiary/aromatic N) is 1. The van der Waals surface area contributed by atoms with Gasteiger partial charge in [0.05, 0.1) is 0 Å². The molecule has 13 heavy (non-hydrogen) atoms. The summed E-state index contributed by atoms with van der Waals surface area (Å²) < 4.78 is 0. The Balaban J connectivity index is 1.98. The van der Waals surface area contributed by atoms with Crippen molar-refractivity contribution in [2.75, 3.05) is 20.1 Å². The Hall–Kier alpha value is -0.340. The molecule has 0 radical (unpaired) electrons. The Morgan fingerprint density at radius 1 is 1.15 bits per heavy atom. The summed E-state index contributed by atoms with van der Waals surface area (Å²) >= 11 is 0. The van der Waals surface area contributed by atoms with Gasteiger partial charge >= 0.3 is 0 Å². The summed E-state index contributed by atoms with van der Waals surface area (Å²) in [6.45, 7) is 2.63. The average Bonchev–Trinajstić information content (AvgIpc) is 2.70. The van der Waals surface area contributed by atoms with E-state index in [0.717, 1.165) is 6.04 Å². The van der Waals surface area contributed by atoms with E-state index in [1.54, 1.807) is 0 Å². The van der Waals surface area contributed by atoms with Crippen LogP contribution in [0.15, 0.2) is 12.2 Å². The van der Waals surface area contributed by atoms with Crippen LogP contribution in [0.5, 0.6) is 0 Å². The monoisotopic (exact) mass is 180 g/mol. The molecule has 0 amide bonds. The summed E-state index contributed by atoms with van der Waals surface area (Å²) in [6.07, 6.45) is 9.90. The lowest BCUT2D eigenvalue weighted by Gasteiger charge is -2.35. The lowest BCUT2D eigenvalue weighted by molar-refractivity contribution is 0.191. The van der Waals surface area contributed by atoms with Crippen molar-refractivity contribution in [3.8, 4) is 0 Å². The normalized spacial score (nSPS) is 35.5. The molecule has 1 aliphatic carbocycles. The van der Waals surface area contributed by atoms with E-state index in [1.165, 1.54) is 38.8 Å². The van der Waals surface area contributed by atoms with Gasteiger partial charge < -0.3 is 5.32 Å². The first kappa shape index (κ1) is 9.22. The molecule has 2 aliphatic rings. The molecule has 1 heterocycles. The van der Waals surface area contributed by atoms with E-state index in [1.807, 2.05) is 0 Å². The quantitative estimate of drug-likeness (QED) is 0.646. The number of nitrogens with one attached hydrogen (secondary N) is 1. The first-order chi connectivity index (χ1) is 6.42. The van der Waals surface area contributed by atoms with Crippen molar-refractivity contribution < 1.29 is 0 Å². The Kier molecular flexibility index (Phi) is 3.01. The van der Waals surface area contributed by atoms with E-state index in [2.05, 4.69) is 29.4 Å². The van der Waals surface area contributed by atoms with Crippen LogP contribution in [-0.2, 0) is 0 Å². The van der Waals surface area contributed by atoms with E-state index < -0.39 is 0 Å². The fourth-order valence-corrected chi connectivity index (χ4v) is 2.59. The summed E-state index contributed by atoms with van der Waals surface area (Å²) in [5, 5.41) is 3.44. The highest BCUT2D eigenvalue weighted by Crippen LogP contribution is 2.21. The number of hydrogen-bond donors (Lipinski definition) is 1. The Labute approximate surface area is 81.0 Å². The van der Waals surface area contributed by atoms with Gasteiger partial charge in [-0.05, 0) is 45.8 Å². The van der Waals surface area contributed by atoms with Crippen molar-refractivity contribution in [2.45, 2.75) is 37.8 Å². The smallest absolute Gasteiger partial charge is 0.0286 e. The maximum atomic E-state index is 3.44. The molecule has 1 N–H and O–H groups in total. The van der Waals surface area contributed by atoms with Crippen LogP contribution in [0.2, 0.25) is 0 Å². The van der Waals surface area contributed by atoms with Gasteiger partial charge in [-0.25, -0.2) is 0 Å². The molecular weight excluding hydrogens is 160 g/mol. The molecule has 1 saturated heterocycles. The minimum Gasteiger partial charge on any atom is -0.315 e. The summed E-state index contributed by atoms with van der Waals surface area (Å²) in [5.74, 6) is 0. The molecular formula is C11H20N2. The fraction of sp³-hybridized carbons (Fsp3) is 0.818. The molecule has 2 rings (SSSR count). The third-order valence-corrected chi connectivity index (χ3v) is 3.38. The summed E-state index contributed by atoms with van der Waals surface area (Å²) in [5.41, 5.74) is 0. The van der Waals surface area contributed by atoms with E-state index in [-0.39, 0.29) is 0 Å². The molecule has 2 heteroatoms. The second-order valence-electron chi connectivity index (χ2n) is 4.15. The molecule has 0 aromatic carbocycles. The zero-order chi connectivity index (χ0) is 9.10. The zero-order valence-electron chi connectivity index (χ0n) is 8.50. The maximum Gasteiger partial charge on any atom is 0.0286 e. The maximum absolute atomic E-state index is 3.44. The van der Waals surface area contributed by atoms with Crippen LogP contribution in [0.3, 0.4) is 0 Å². The second kappa shape index (κ2) is 4.25. The fourth-order valence-electron chi connectivity index (χ4n) is 2.59. The Morgan fingerprint density at radius 2 is 1.85 bits per heavy atom. The van der Waals surface area contributed by atoms with Gasteiger partial charge in [-0.15, -0.1) is 0 Å². The van der Waals surface area contributed by atoms with E-state index in [9.17, 15) is 0 Å². The van der Waals surface area contributed by atoms with Crippen molar-refractivity contribution >= 4 is 0 Å². The molecule has 0 spiro atoms. The third kappa shape index (κ3) is 1.94. The van der Waals surface area contributed by atoms with Crippen molar-refractivity contribution in [1.29, 1.82) is 0 Å². The summed E-state index contributed by atoms with van der Waals surface area (Å²) in [6, 6.07) is 1.44. The first-order valence-electron chi connectivity index (χ1n) is 5.48. The summed E-state index contributed by atoms with van der Waals surface area (Å²) in [4.78, 5) is 2.66. The molecule has 2 atom stereocenters. The van der Waals surface area contributed by atoms with Crippen LogP contribution in [-0.4, -0.2) is 37.1 Å². The van der Waals surface area contributed by atoms with Gasteiger partial charge in [0.1, 0.15) is 0 Å². The molecule has 0 unspecified atom stereocenters. The first-order valence-corrected chi connectivity index (χ1v) is 5.48. The van der Waals surface area contributed by atoms with Crippen molar-refractivity contribution in [2.24, 2.45) is 0 Å². The van der Waals surface area contributed by atoms with Crippen LogP contribution in [0, 0.1) is 0 Å². The third-order valence-electron chi connectivity index (χ3n) is 3.38. The number of likely N-dealkylation sites (tertiary alicyclic amines) is 1. The van der Waals surface area contributed by atoms with Crippen LogP contribution >= 0.6 is 0 Å². The lowest BCUT2D eigenvalue weighted by Crippen LogP contribution is -2.48. The predicted octanol–water partition coefficient (Wildman–Crippen LogP) is 1.39. The van der Waals surface area contributed by atoms with Gasteiger partial charge in [0.25, 0.3) is 0 Å². The zero-order valence-corrected chi connectivity index (χ0v) is 8.50.